The Labute approximate surface area is 180 Å². The Hall–Kier alpha value is -2.61. The quantitative estimate of drug-likeness (QED) is 0.649. The Kier molecular flexibility index (Phi) is 6.22. The average molecular weight is 433 g/mol. The number of carbonyl (C=O) groups is 1. The summed E-state index contributed by atoms with van der Waals surface area (Å²) in [5.74, 6) is 0.622. The highest BCUT2D eigenvalue weighted by Crippen LogP contribution is 2.31. The van der Waals surface area contributed by atoms with E-state index in [9.17, 15) is 9.18 Å². The van der Waals surface area contributed by atoms with Crippen molar-refractivity contribution in [1.82, 2.24) is 15.5 Å². The third-order valence-electron chi connectivity index (χ3n) is 5.74. The maximum atomic E-state index is 13.3. The monoisotopic (exact) mass is 432 g/mol. The third-order valence-corrected chi connectivity index (χ3v) is 6.02. The molecule has 7 nitrogen and oxygen atoms in total. The molecule has 9 heteroatoms. The van der Waals surface area contributed by atoms with Crippen molar-refractivity contribution in [3.8, 4) is 0 Å². The minimum atomic E-state index is -0.484. The van der Waals surface area contributed by atoms with Gasteiger partial charge in [-0.2, -0.15) is 5.10 Å². The number of hydrogen-bond acceptors (Lipinski definition) is 5. The molecular weight excluding hydrogens is 407 g/mol. The highest BCUT2D eigenvalue weighted by molar-refractivity contribution is 6.46. The molecule has 1 aliphatic heterocycles. The molecule has 160 valence electrons. The smallest absolute Gasteiger partial charge is 0.272 e. The normalized spacial score (nSPS) is 16.8. The number of nitrogens with one attached hydrogen (secondary N) is 3. The van der Waals surface area contributed by atoms with Gasteiger partial charge in [0.15, 0.2) is 11.5 Å². The van der Waals surface area contributed by atoms with Crippen LogP contribution in [0.25, 0.3) is 0 Å². The maximum Gasteiger partial charge on any atom is 0.272 e. The molecule has 2 heterocycles. The van der Waals surface area contributed by atoms with E-state index in [0.717, 1.165) is 18.1 Å². The molecule has 0 saturated heterocycles. The number of aromatic nitrogens is 2. The van der Waals surface area contributed by atoms with Gasteiger partial charge >= 0.3 is 0 Å². The number of carbonyl (C=O) groups excluding carboxylic acids is 1. The third kappa shape index (κ3) is 4.43. The van der Waals surface area contributed by atoms with Crippen LogP contribution in [0.2, 0.25) is 5.02 Å². The summed E-state index contributed by atoms with van der Waals surface area (Å²) in [6.07, 6.45) is 6.41. The van der Waals surface area contributed by atoms with Gasteiger partial charge in [-0.05, 0) is 36.5 Å². The molecule has 3 N–H and O–H groups in total. The van der Waals surface area contributed by atoms with Crippen molar-refractivity contribution in [3.63, 3.8) is 0 Å². The lowest BCUT2D eigenvalue weighted by molar-refractivity contribution is -0.114. The van der Waals surface area contributed by atoms with Gasteiger partial charge in [0.2, 0.25) is 0 Å². The van der Waals surface area contributed by atoms with Gasteiger partial charge in [-0.15, -0.1) is 0 Å². The van der Waals surface area contributed by atoms with Crippen LogP contribution in [0.4, 0.5) is 15.9 Å². The Morgan fingerprint density at radius 1 is 1.33 bits per heavy atom. The molecule has 2 aliphatic rings. The highest BCUT2D eigenvalue weighted by atomic mass is 35.5. The molecule has 1 fully saturated rings. The number of nitrogens with zero attached hydrogens (tertiary/aromatic N) is 3. The van der Waals surface area contributed by atoms with Crippen LogP contribution in [0.15, 0.2) is 23.2 Å². The Bertz CT molecular complexity index is 953. The van der Waals surface area contributed by atoms with Crippen LogP contribution in [0.3, 0.4) is 0 Å². The fourth-order valence-corrected chi connectivity index (χ4v) is 4.26. The number of anilines is 2. The minimum absolute atomic E-state index is 0.0305. The molecule has 1 amide bonds. The number of H-pyrrole nitrogens is 1. The molecule has 0 spiro atoms. The van der Waals surface area contributed by atoms with Gasteiger partial charge in [0.05, 0.1) is 5.02 Å². The molecule has 1 aliphatic carbocycles. The van der Waals surface area contributed by atoms with Crippen LogP contribution < -0.4 is 15.5 Å². The van der Waals surface area contributed by atoms with Crippen LogP contribution in [0.1, 0.15) is 43.4 Å². The molecular formula is C21H26ClFN6O. The molecule has 0 bridgehead atoms. The maximum absolute atomic E-state index is 13.3. The SMILES string of the molecule is CN1CN=C(C(=O)NCc2ccc(F)c(Cl)c2)c2[nH]nc(NCC3CCCCC3)c21. The molecule has 1 aromatic carbocycles. The number of aromatic amines is 1. The molecule has 1 saturated carbocycles. The Morgan fingerprint density at radius 2 is 2.13 bits per heavy atom. The van der Waals surface area contributed by atoms with Crippen LogP contribution in [0.5, 0.6) is 0 Å². The van der Waals surface area contributed by atoms with Crippen molar-refractivity contribution in [3.05, 3.63) is 40.3 Å². The molecule has 0 radical (unpaired) electrons. The largest absolute Gasteiger partial charge is 0.367 e. The van der Waals surface area contributed by atoms with E-state index in [-0.39, 0.29) is 17.5 Å². The van der Waals surface area contributed by atoms with Crippen LogP contribution in [-0.4, -0.2) is 42.1 Å². The minimum Gasteiger partial charge on any atom is -0.367 e. The number of halogens is 2. The van der Waals surface area contributed by atoms with Crippen molar-refractivity contribution in [1.29, 1.82) is 0 Å². The summed E-state index contributed by atoms with van der Waals surface area (Å²) in [7, 11) is 1.93. The van der Waals surface area contributed by atoms with E-state index in [1.807, 2.05) is 11.9 Å². The zero-order chi connectivity index (χ0) is 21.1. The lowest BCUT2D eigenvalue weighted by atomic mass is 9.89. The zero-order valence-electron chi connectivity index (χ0n) is 17.0. The van der Waals surface area contributed by atoms with Gasteiger partial charge < -0.3 is 15.5 Å². The summed E-state index contributed by atoms with van der Waals surface area (Å²) < 4.78 is 13.3. The lowest BCUT2D eigenvalue weighted by Gasteiger charge is -2.25. The highest BCUT2D eigenvalue weighted by Gasteiger charge is 2.29. The summed E-state index contributed by atoms with van der Waals surface area (Å²) in [6.45, 7) is 1.48. The van der Waals surface area contributed by atoms with Crippen molar-refractivity contribution in [2.45, 2.75) is 38.6 Å². The number of benzene rings is 1. The van der Waals surface area contributed by atoms with Crippen molar-refractivity contribution in [2.75, 3.05) is 30.5 Å². The molecule has 1 aromatic heterocycles. The van der Waals surface area contributed by atoms with Crippen LogP contribution in [-0.2, 0) is 11.3 Å². The summed E-state index contributed by atoms with van der Waals surface area (Å²) in [5, 5.41) is 13.7. The van der Waals surface area contributed by atoms with Crippen LogP contribution in [0, 0.1) is 11.7 Å². The second-order valence-electron chi connectivity index (χ2n) is 7.96. The van der Waals surface area contributed by atoms with Gasteiger partial charge in [0.1, 0.15) is 23.9 Å². The van der Waals surface area contributed by atoms with E-state index < -0.39 is 5.82 Å². The average Bonchev–Trinajstić information content (AvgIpc) is 3.19. The molecule has 4 rings (SSSR count). The first-order valence-corrected chi connectivity index (χ1v) is 10.7. The number of fused-ring (bicyclic) bond motifs is 1. The van der Waals surface area contributed by atoms with Gasteiger partial charge in [-0.25, -0.2) is 4.39 Å². The fourth-order valence-electron chi connectivity index (χ4n) is 4.06. The fraction of sp³-hybridized carbons (Fsp3) is 0.476. The summed E-state index contributed by atoms with van der Waals surface area (Å²) in [6, 6.07) is 4.38. The van der Waals surface area contributed by atoms with Crippen molar-refractivity contribution < 1.29 is 9.18 Å². The van der Waals surface area contributed by atoms with Crippen LogP contribution >= 0.6 is 11.6 Å². The van der Waals surface area contributed by atoms with Gasteiger partial charge in [-0.1, -0.05) is 36.9 Å². The first-order chi connectivity index (χ1) is 14.5. The lowest BCUT2D eigenvalue weighted by Crippen LogP contribution is -2.36. The van der Waals surface area contributed by atoms with Crippen molar-refractivity contribution >= 4 is 34.7 Å². The Balaban J connectivity index is 1.43. The first kappa shape index (κ1) is 20.7. The first-order valence-electron chi connectivity index (χ1n) is 10.3. The predicted octanol–water partition coefficient (Wildman–Crippen LogP) is 3.71. The topological polar surface area (TPSA) is 85.4 Å². The predicted molar refractivity (Wildman–Crippen MR) is 117 cm³/mol. The van der Waals surface area contributed by atoms with E-state index in [4.69, 9.17) is 11.6 Å². The van der Waals surface area contributed by atoms with Gasteiger partial charge in [0, 0.05) is 20.1 Å². The Morgan fingerprint density at radius 3 is 2.90 bits per heavy atom. The molecule has 0 unspecified atom stereocenters. The summed E-state index contributed by atoms with van der Waals surface area (Å²) >= 11 is 5.81. The molecule has 2 aromatic rings. The van der Waals surface area contributed by atoms with Gasteiger partial charge in [0.25, 0.3) is 5.91 Å². The number of rotatable bonds is 6. The zero-order valence-corrected chi connectivity index (χ0v) is 17.7. The van der Waals surface area contributed by atoms with E-state index >= 15 is 0 Å². The number of amides is 1. The molecule has 30 heavy (non-hydrogen) atoms. The van der Waals surface area contributed by atoms with E-state index in [1.165, 1.54) is 44.2 Å². The summed E-state index contributed by atoms with van der Waals surface area (Å²) in [5.41, 5.74) is 2.48. The second-order valence-corrected chi connectivity index (χ2v) is 8.37. The second kappa shape index (κ2) is 9.04. The standard InChI is InChI=1S/C21H26ClFN6O/c1-29-12-26-18(21(30)25-11-14-7-8-16(23)15(22)9-14)17-19(29)20(28-27-17)24-10-13-5-3-2-4-6-13/h7-9,13H,2-6,10-12H2,1H3,(H,25,30)(H2,24,27,28). The number of aliphatic imine (C=N–C) groups is 1. The number of hydrogen-bond donors (Lipinski definition) is 3. The van der Waals surface area contributed by atoms with Crippen molar-refractivity contribution in [2.24, 2.45) is 10.9 Å². The van der Waals surface area contributed by atoms with E-state index in [0.29, 0.717) is 29.6 Å². The van der Waals surface area contributed by atoms with E-state index in [1.54, 1.807) is 6.07 Å². The summed E-state index contributed by atoms with van der Waals surface area (Å²) in [4.78, 5) is 19.1. The molecule has 0 atom stereocenters. The van der Waals surface area contributed by atoms with Gasteiger partial charge in [-0.3, -0.25) is 14.9 Å². The van der Waals surface area contributed by atoms with E-state index in [2.05, 4.69) is 25.8 Å².